The van der Waals surface area contributed by atoms with E-state index in [0.717, 1.165) is 31.0 Å². The summed E-state index contributed by atoms with van der Waals surface area (Å²) in [5.74, 6) is -1.36. The zero-order valence-corrected chi connectivity index (χ0v) is 15.6. The monoisotopic (exact) mass is 380 g/mol. The van der Waals surface area contributed by atoms with Crippen LogP contribution in [0, 0.1) is 0 Å². The van der Waals surface area contributed by atoms with Crippen LogP contribution in [0.4, 0.5) is 0 Å². The fourth-order valence-electron chi connectivity index (χ4n) is 1.96. The van der Waals surface area contributed by atoms with Crippen molar-refractivity contribution in [3.63, 3.8) is 0 Å². The number of halogens is 1. The Bertz CT molecular complexity index is 257. The minimum Gasteiger partial charge on any atom is -0.481 e. The zero-order chi connectivity index (χ0) is 17.1. The van der Waals surface area contributed by atoms with Crippen LogP contribution in [0.3, 0.4) is 0 Å². The largest absolute Gasteiger partial charge is 0.481 e. The molecule has 0 radical (unpaired) electrons. The van der Waals surface area contributed by atoms with Gasteiger partial charge < -0.3 is 10.2 Å². The number of alkyl halides is 1. The number of carbonyl (C=O) groups is 2. The SMILES string of the molecule is CCCCCCCCCCCC(=O)O.O=C(O)CCCCBr. The molecule has 0 bridgehead atoms. The van der Waals surface area contributed by atoms with E-state index in [9.17, 15) is 9.59 Å². The highest BCUT2D eigenvalue weighted by molar-refractivity contribution is 9.09. The second-order valence-electron chi connectivity index (χ2n) is 5.51. The fourth-order valence-corrected chi connectivity index (χ4v) is 2.35. The predicted molar refractivity (Wildman–Crippen MR) is 94.8 cm³/mol. The molecule has 0 rings (SSSR count). The molecule has 0 aromatic carbocycles. The van der Waals surface area contributed by atoms with Gasteiger partial charge in [-0.1, -0.05) is 74.2 Å². The fraction of sp³-hybridized carbons (Fsp3) is 0.882. The van der Waals surface area contributed by atoms with Crippen molar-refractivity contribution >= 4 is 27.9 Å². The van der Waals surface area contributed by atoms with Gasteiger partial charge in [-0.15, -0.1) is 0 Å². The van der Waals surface area contributed by atoms with Crippen molar-refractivity contribution in [1.29, 1.82) is 0 Å². The molecule has 0 aliphatic carbocycles. The van der Waals surface area contributed by atoms with E-state index in [1.807, 2.05) is 0 Å². The Labute approximate surface area is 143 Å². The number of carboxylic acid groups (broad SMARTS) is 2. The van der Waals surface area contributed by atoms with E-state index in [4.69, 9.17) is 10.2 Å². The lowest BCUT2D eigenvalue weighted by molar-refractivity contribution is -0.138. The van der Waals surface area contributed by atoms with Crippen molar-refractivity contribution in [2.45, 2.75) is 90.4 Å². The Balaban J connectivity index is 0. The number of carboxylic acids is 2. The summed E-state index contributed by atoms with van der Waals surface area (Å²) in [6.07, 6.45) is 13.5. The molecule has 2 N–H and O–H groups in total. The van der Waals surface area contributed by atoms with Crippen LogP contribution in [0.25, 0.3) is 0 Å². The lowest BCUT2D eigenvalue weighted by Crippen LogP contribution is -1.93. The Morgan fingerprint density at radius 2 is 1.05 bits per heavy atom. The topological polar surface area (TPSA) is 74.6 Å². The third-order valence-electron chi connectivity index (χ3n) is 3.27. The maximum absolute atomic E-state index is 10.2. The second-order valence-corrected chi connectivity index (χ2v) is 6.30. The standard InChI is InChI=1S/C12H24O2.C5H9BrO2/c1-2-3-4-5-6-7-8-9-10-11-12(13)14;6-4-2-1-3-5(7)8/h2-11H2,1H3,(H,13,14);1-4H2,(H,7,8). The van der Waals surface area contributed by atoms with Crippen LogP contribution in [0.15, 0.2) is 0 Å². The third-order valence-corrected chi connectivity index (χ3v) is 3.83. The van der Waals surface area contributed by atoms with E-state index < -0.39 is 11.9 Å². The average molecular weight is 381 g/mol. The summed E-state index contributed by atoms with van der Waals surface area (Å²) in [5, 5.41) is 17.4. The molecule has 5 heteroatoms. The van der Waals surface area contributed by atoms with Gasteiger partial charge in [0.2, 0.25) is 0 Å². The first-order chi connectivity index (χ1) is 10.5. The molecule has 0 saturated heterocycles. The van der Waals surface area contributed by atoms with Gasteiger partial charge in [0.05, 0.1) is 0 Å². The Morgan fingerprint density at radius 3 is 1.41 bits per heavy atom. The number of hydrogen-bond donors (Lipinski definition) is 2. The van der Waals surface area contributed by atoms with E-state index in [1.165, 1.54) is 44.9 Å². The Morgan fingerprint density at radius 1 is 0.682 bits per heavy atom. The van der Waals surface area contributed by atoms with Crippen LogP contribution in [-0.2, 0) is 9.59 Å². The molecule has 0 heterocycles. The van der Waals surface area contributed by atoms with Crippen LogP contribution in [-0.4, -0.2) is 27.5 Å². The van der Waals surface area contributed by atoms with Gasteiger partial charge in [-0.25, -0.2) is 0 Å². The molecule has 0 unspecified atom stereocenters. The van der Waals surface area contributed by atoms with E-state index in [-0.39, 0.29) is 0 Å². The normalized spacial score (nSPS) is 9.91. The highest BCUT2D eigenvalue weighted by atomic mass is 79.9. The predicted octanol–water partition coefficient (Wildman–Crippen LogP) is 5.63. The van der Waals surface area contributed by atoms with Crippen LogP contribution in [0.2, 0.25) is 0 Å². The number of aliphatic carboxylic acids is 2. The quantitative estimate of drug-likeness (QED) is 0.302. The summed E-state index contributed by atoms with van der Waals surface area (Å²) in [7, 11) is 0. The highest BCUT2D eigenvalue weighted by Crippen LogP contribution is 2.10. The van der Waals surface area contributed by atoms with E-state index in [2.05, 4.69) is 22.9 Å². The third kappa shape index (κ3) is 27.7. The average Bonchev–Trinajstić information content (AvgIpc) is 2.46. The molecule has 4 nitrogen and oxygen atoms in total. The molecular weight excluding hydrogens is 348 g/mol. The van der Waals surface area contributed by atoms with Gasteiger partial charge in [0.25, 0.3) is 0 Å². The molecule has 0 aromatic heterocycles. The lowest BCUT2D eigenvalue weighted by atomic mass is 10.1. The maximum atomic E-state index is 10.2. The Kier molecular flexibility index (Phi) is 22.0. The van der Waals surface area contributed by atoms with Gasteiger partial charge in [-0.2, -0.15) is 0 Å². The van der Waals surface area contributed by atoms with Gasteiger partial charge in [-0.3, -0.25) is 9.59 Å². The first-order valence-electron chi connectivity index (χ1n) is 8.54. The smallest absolute Gasteiger partial charge is 0.303 e. The Hall–Kier alpha value is -0.580. The van der Waals surface area contributed by atoms with Gasteiger partial charge in [0, 0.05) is 18.2 Å². The summed E-state index contributed by atoms with van der Waals surface area (Å²) in [4.78, 5) is 20.1. The van der Waals surface area contributed by atoms with Crippen molar-refractivity contribution in [1.82, 2.24) is 0 Å². The minimum absolute atomic E-state index is 0.297. The van der Waals surface area contributed by atoms with Crippen LogP contribution in [0.1, 0.15) is 90.4 Å². The summed E-state index contributed by atoms with van der Waals surface area (Å²) in [6.45, 7) is 2.23. The van der Waals surface area contributed by atoms with Gasteiger partial charge in [-0.05, 0) is 19.3 Å². The zero-order valence-electron chi connectivity index (χ0n) is 14.0. The first-order valence-corrected chi connectivity index (χ1v) is 9.66. The lowest BCUT2D eigenvalue weighted by Gasteiger charge is -2.00. The molecule has 0 amide bonds. The summed E-state index contributed by atoms with van der Waals surface area (Å²) in [6, 6.07) is 0. The van der Waals surface area contributed by atoms with E-state index in [1.54, 1.807) is 0 Å². The molecule has 0 aliphatic rings. The van der Waals surface area contributed by atoms with Crippen molar-refractivity contribution < 1.29 is 19.8 Å². The highest BCUT2D eigenvalue weighted by Gasteiger charge is 1.96. The van der Waals surface area contributed by atoms with Crippen LogP contribution in [0.5, 0.6) is 0 Å². The van der Waals surface area contributed by atoms with Crippen molar-refractivity contribution in [3.8, 4) is 0 Å². The molecule has 0 aromatic rings. The van der Waals surface area contributed by atoms with Crippen molar-refractivity contribution in [3.05, 3.63) is 0 Å². The molecule has 0 spiro atoms. The van der Waals surface area contributed by atoms with Crippen LogP contribution >= 0.6 is 15.9 Å². The minimum atomic E-state index is -0.703. The summed E-state index contributed by atoms with van der Waals surface area (Å²) >= 11 is 3.21. The van der Waals surface area contributed by atoms with Gasteiger partial charge in [0.1, 0.15) is 0 Å². The summed E-state index contributed by atoms with van der Waals surface area (Å²) < 4.78 is 0. The van der Waals surface area contributed by atoms with Gasteiger partial charge in [0.15, 0.2) is 0 Å². The molecule has 0 fully saturated rings. The van der Waals surface area contributed by atoms with E-state index >= 15 is 0 Å². The first kappa shape index (κ1) is 23.7. The second kappa shape index (κ2) is 20.4. The maximum Gasteiger partial charge on any atom is 0.303 e. The molecular formula is C17H33BrO4. The number of hydrogen-bond acceptors (Lipinski definition) is 2. The van der Waals surface area contributed by atoms with Crippen molar-refractivity contribution in [2.24, 2.45) is 0 Å². The molecule has 0 atom stereocenters. The summed E-state index contributed by atoms with van der Waals surface area (Å²) in [5.41, 5.74) is 0. The number of unbranched alkanes of at least 4 members (excludes halogenated alkanes) is 9. The molecule has 0 aliphatic heterocycles. The molecule has 0 saturated carbocycles. The van der Waals surface area contributed by atoms with Gasteiger partial charge >= 0.3 is 11.9 Å². The van der Waals surface area contributed by atoms with E-state index in [0.29, 0.717) is 12.8 Å². The molecule has 132 valence electrons. The van der Waals surface area contributed by atoms with Crippen molar-refractivity contribution in [2.75, 3.05) is 5.33 Å². The molecule has 22 heavy (non-hydrogen) atoms. The van der Waals surface area contributed by atoms with Crippen LogP contribution < -0.4 is 0 Å². The number of rotatable bonds is 14.